The van der Waals surface area contributed by atoms with E-state index in [1.165, 1.54) is 0 Å². The lowest BCUT2D eigenvalue weighted by atomic mass is 9.97. The minimum atomic E-state index is 0.0992. The first-order valence-corrected chi connectivity index (χ1v) is 6.68. The molecular weight excluding hydrogens is 276 g/mol. The summed E-state index contributed by atoms with van der Waals surface area (Å²) in [6.45, 7) is 0. The van der Waals surface area contributed by atoms with Crippen molar-refractivity contribution in [3.63, 3.8) is 0 Å². The third-order valence-electron chi connectivity index (χ3n) is 2.66. The van der Waals surface area contributed by atoms with E-state index in [4.69, 9.17) is 0 Å². The summed E-state index contributed by atoms with van der Waals surface area (Å²) in [7, 11) is 0. The summed E-state index contributed by atoms with van der Waals surface area (Å²) in [5.74, 6) is 0.0992. The zero-order valence-corrected chi connectivity index (χ0v) is 11.0. The largest absolute Gasteiger partial charge is 0.289 e. The zero-order valence-electron chi connectivity index (χ0n) is 9.40. The maximum absolute atomic E-state index is 12.3. The number of alkyl halides is 1. The van der Waals surface area contributed by atoms with E-state index in [0.29, 0.717) is 0 Å². The topological polar surface area (TPSA) is 17.1 Å². The van der Waals surface area contributed by atoms with Crippen molar-refractivity contribution in [3.05, 3.63) is 71.3 Å². The summed E-state index contributed by atoms with van der Waals surface area (Å²) in [6, 6.07) is 17.2. The van der Waals surface area contributed by atoms with Crippen molar-refractivity contribution in [2.24, 2.45) is 0 Å². The number of rotatable bonds is 4. The molecule has 0 fully saturated rings. The van der Waals surface area contributed by atoms with Gasteiger partial charge in [0.05, 0.1) is 0 Å². The van der Waals surface area contributed by atoms with Crippen molar-refractivity contribution in [2.45, 2.75) is 6.42 Å². The molecule has 0 unspecified atom stereocenters. The van der Waals surface area contributed by atoms with Crippen molar-refractivity contribution in [2.75, 3.05) is 5.33 Å². The number of carbonyl (C=O) groups is 1. The molecule has 2 aromatic carbocycles. The summed E-state index contributed by atoms with van der Waals surface area (Å²) in [6.07, 6.45) is 0.870. The van der Waals surface area contributed by atoms with E-state index in [9.17, 15) is 4.79 Å². The molecule has 0 amide bonds. The SMILES string of the molecule is O=C(c1ccccc1)c1ccccc1CCBr. The number of hydrogen-bond acceptors (Lipinski definition) is 1. The standard InChI is InChI=1S/C15H13BrO/c16-11-10-12-6-4-5-9-14(12)15(17)13-7-2-1-3-8-13/h1-9H,10-11H2. The van der Waals surface area contributed by atoms with Gasteiger partial charge in [0.1, 0.15) is 0 Å². The maximum atomic E-state index is 12.3. The van der Waals surface area contributed by atoms with Crippen molar-refractivity contribution in [1.82, 2.24) is 0 Å². The number of benzene rings is 2. The zero-order chi connectivity index (χ0) is 12.1. The normalized spacial score (nSPS) is 10.2. The van der Waals surface area contributed by atoms with Crippen LogP contribution in [0.2, 0.25) is 0 Å². The third kappa shape index (κ3) is 2.83. The lowest BCUT2D eigenvalue weighted by molar-refractivity contribution is 0.103. The smallest absolute Gasteiger partial charge is 0.193 e. The summed E-state index contributed by atoms with van der Waals surface area (Å²) in [5, 5.41) is 0.867. The van der Waals surface area contributed by atoms with Gasteiger partial charge in [-0.25, -0.2) is 0 Å². The van der Waals surface area contributed by atoms with E-state index < -0.39 is 0 Å². The summed E-state index contributed by atoms with van der Waals surface area (Å²) >= 11 is 3.41. The number of halogens is 1. The predicted octanol–water partition coefficient (Wildman–Crippen LogP) is 3.86. The van der Waals surface area contributed by atoms with E-state index in [-0.39, 0.29) is 5.78 Å². The van der Waals surface area contributed by atoms with Gasteiger partial charge in [0.15, 0.2) is 5.78 Å². The van der Waals surface area contributed by atoms with Crippen LogP contribution < -0.4 is 0 Å². The molecule has 86 valence electrons. The molecule has 17 heavy (non-hydrogen) atoms. The molecule has 0 aromatic heterocycles. The molecule has 2 aromatic rings. The van der Waals surface area contributed by atoms with Crippen molar-refractivity contribution < 1.29 is 4.79 Å². The molecule has 0 radical (unpaired) electrons. The molecule has 0 aliphatic carbocycles. The van der Waals surface area contributed by atoms with Gasteiger partial charge in [0, 0.05) is 16.5 Å². The van der Waals surface area contributed by atoms with Crippen LogP contribution in [0.1, 0.15) is 21.5 Å². The van der Waals surface area contributed by atoms with Gasteiger partial charge in [-0.3, -0.25) is 4.79 Å². The fraction of sp³-hybridized carbons (Fsp3) is 0.133. The first kappa shape index (κ1) is 12.1. The van der Waals surface area contributed by atoms with Gasteiger partial charge in [0.2, 0.25) is 0 Å². The van der Waals surface area contributed by atoms with E-state index in [0.717, 1.165) is 28.4 Å². The van der Waals surface area contributed by atoms with E-state index in [1.807, 2.05) is 54.6 Å². The average molecular weight is 289 g/mol. The molecule has 2 rings (SSSR count). The lowest BCUT2D eigenvalue weighted by Gasteiger charge is -2.07. The molecule has 0 atom stereocenters. The molecule has 0 N–H and O–H groups in total. The van der Waals surface area contributed by atoms with Crippen molar-refractivity contribution >= 4 is 21.7 Å². The quantitative estimate of drug-likeness (QED) is 0.617. The van der Waals surface area contributed by atoms with Crippen LogP contribution in [-0.4, -0.2) is 11.1 Å². The molecule has 0 bridgehead atoms. The molecule has 0 aliphatic heterocycles. The molecule has 0 saturated carbocycles. The molecule has 0 spiro atoms. The van der Waals surface area contributed by atoms with Crippen LogP contribution in [0.5, 0.6) is 0 Å². The second kappa shape index (κ2) is 5.78. The molecule has 1 nitrogen and oxygen atoms in total. The van der Waals surface area contributed by atoms with Crippen molar-refractivity contribution in [3.8, 4) is 0 Å². The fourth-order valence-corrected chi connectivity index (χ4v) is 2.23. The Hall–Kier alpha value is -1.41. The molecule has 0 aliphatic rings. The molecule has 0 heterocycles. The first-order chi connectivity index (χ1) is 8.33. The van der Waals surface area contributed by atoms with Crippen LogP contribution in [0.3, 0.4) is 0 Å². The number of aryl methyl sites for hydroxylation is 1. The second-order valence-corrected chi connectivity index (χ2v) is 4.58. The monoisotopic (exact) mass is 288 g/mol. The van der Waals surface area contributed by atoms with Gasteiger partial charge < -0.3 is 0 Å². The minimum Gasteiger partial charge on any atom is -0.289 e. The van der Waals surface area contributed by atoms with Gasteiger partial charge in [-0.1, -0.05) is 70.5 Å². The Kier molecular flexibility index (Phi) is 4.10. The van der Waals surface area contributed by atoms with Crippen LogP contribution in [0, 0.1) is 0 Å². The molecule has 0 saturated heterocycles. The van der Waals surface area contributed by atoms with Crippen LogP contribution >= 0.6 is 15.9 Å². The Balaban J connectivity index is 2.37. The van der Waals surface area contributed by atoms with Crippen molar-refractivity contribution in [1.29, 1.82) is 0 Å². The highest BCUT2D eigenvalue weighted by Gasteiger charge is 2.11. The Morgan fingerprint density at radius 2 is 1.59 bits per heavy atom. The van der Waals surface area contributed by atoms with Crippen LogP contribution in [-0.2, 0) is 6.42 Å². The minimum absolute atomic E-state index is 0.0992. The maximum Gasteiger partial charge on any atom is 0.193 e. The predicted molar refractivity (Wildman–Crippen MR) is 73.8 cm³/mol. The summed E-state index contributed by atoms with van der Waals surface area (Å²) < 4.78 is 0. The highest BCUT2D eigenvalue weighted by molar-refractivity contribution is 9.09. The second-order valence-electron chi connectivity index (χ2n) is 3.79. The number of ketones is 1. The number of hydrogen-bond donors (Lipinski definition) is 0. The van der Waals surface area contributed by atoms with Gasteiger partial charge in [0.25, 0.3) is 0 Å². The Bertz CT molecular complexity index is 505. The first-order valence-electron chi connectivity index (χ1n) is 5.56. The third-order valence-corrected chi connectivity index (χ3v) is 3.06. The van der Waals surface area contributed by atoms with Crippen LogP contribution in [0.25, 0.3) is 0 Å². The van der Waals surface area contributed by atoms with Crippen LogP contribution in [0.4, 0.5) is 0 Å². The van der Waals surface area contributed by atoms with E-state index in [1.54, 1.807) is 0 Å². The van der Waals surface area contributed by atoms with E-state index in [2.05, 4.69) is 15.9 Å². The van der Waals surface area contributed by atoms with Crippen LogP contribution in [0.15, 0.2) is 54.6 Å². The van der Waals surface area contributed by atoms with Gasteiger partial charge >= 0.3 is 0 Å². The Morgan fingerprint density at radius 3 is 2.29 bits per heavy atom. The van der Waals surface area contributed by atoms with Gasteiger partial charge in [-0.15, -0.1) is 0 Å². The fourth-order valence-electron chi connectivity index (χ4n) is 1.81. The highest BCUT2D eigenvalue weighted by atomic mass is 79.9. The molecule has 2 heteroatoms. The highest BCUT2D eigenvalue weighted by Crippen LogP contribution is 2.15. The van der Waals surface area contributed by atoms with Gasteiger partial charge in [-0.05, 0) is 12.0 Å². The average Bonchev–Trinajstić information content (AvgIpc) is 2.40. The molecular formula is C15H13BrO. The van der Waals surface area contributed by atoms with Gasteiger partial charge in [-0.2, -0.15) is 0 Å². The Morgan fingerprint density at radius 1 is 0.941 bits per heavy atom. The Labute approximate surface area is 110 Å². The summed E-state index contributed by atoms with van der Waals surface area (Å²) in [4.78, 5) is 12.3. The van der Waals surface area contributed by atoms with E-state index >= 15 is 0 Å². The summed E-state index contributed by atoms with van der Waals surface area (Å²) in [5.41, 5.74) is 2.64. The number of carbonyl (C=O) groups excluding carboxylic acids is 1. The lowest BCUT2D eigenvalue weighted by Crippen LogP contribution is -2.05.